The van der Waals surface area contributed by atoms with Crippen LogP contribution in [0.15, 0.2) is 202 Å². The Labute approximate surface area is 884 Å². The average Bonchev–Trinajstić information content (AvgIpc) is 1.62. The molecule has 5 amide bonds. The van der Waals surface area contributed by atoms with Gasteiger partial charge in [-0.25, -0.2) is 9.97 Å². The van der Waals surface area contributed by atoms with Crippen molar-refractivity contribution in [3.8, 4) is 87.8 Å². The maximum Gasteiger partial charge on any atom is 0.246 e. The molecule has 4 aromatic heterocycles. The van der Waals surface area contributed by atoms with Crippen LogP contribution in [0.2, 0.25) is 0 Å². The summed E-state index contributed by atoms with van der Waals surface area (Å²) >= 11 is 13.4. The van der Waals surface area contributed by atoms with Crippen LogP contribution in [0.5, 0.6) is 46.0 Å². The van der Waals surface area contributed by atoms with Crippen molar-refractivity contribution < 1.29 is 77.6 Å². The van der Waals surface area contributed by atoms with Crippen molar-refractivity contribution >= 4 is 133 Å². The number of β-amino-alcohol motifs (C(OH)–C–C–N with tert-alkyl or cyclic N) is 2. The number of aromatic hydroxyl groups is 2. The van der Waals surface area contributed by atoms with Crippen molar-refractivity contribution in [2.45, 2.75) is 171 Å². The Morgan fingerprint density at radius 3 is 1.35 bits per heavy atom. The second-order valence-corrected chi connectivity index (χ2v) is 45.1. The third-order valence-corrected chi connectivity index (χ3v) is 31.6. The van der Waals surface area contributed by atoms with Gasteiger partial charge >= 0.3 is 0 Å². The number of hydrogen-bond donors (Lipinski definition) is 7. The Bertz CT molecular complexity index is 6250. The number of aliphatic hydroxyl groups excluding tert-OH is 2. The molecule has 7 N–H and O–H groups in total. The first-order chi connectivity index (χ1) is 69.1. The minimum atomic E-state index is -0.813. The van der Waals surface area contributed by atoms with Gasteiger partial charge in [-0.05, 0) is 226 Å². The zero-order chi connectivity index (χ0) is 102. The van der Waals surface area contributed by atoms with E-state index in [0.29, 0.717) is 58.0 Å². The summed E-state index contributed by atoms with van der Waals surface area (Å²) in [7, 11) is 2.09. The monoisotopic (exact) mass is 2180 g/mol. The van der Waals surface area contributed by atoms with Gasteiger partial charge < -0.3 is 84.4 Å². The highest BCUT2D eigenvalue weighted by Gasteiger charge is 2.47. The zero-order valence-electron chi connectivity index (χ0n) is 83.9. The first-order valence-electron chi connectivity index (χ1n) is 49.3. The molecule has 27 nitrogen and oxygen atoms in total. The molecule has 0 spiro atoms. The van der Waals surface area contributed by atoms with Crippen molar-refractivity contribution in [1.82, 2.24) is 55.3 Å². The molecule has 774 valence electrons. The number of thiazole rings is 2. The molecule has 12 aromatic rings. The van der Waals surface area contributed by atoms with Gasteiger partial charge in [-0.1, -0.05) is 167 Å². The number of halogens is 2. The number of carbonyl (C=O) groups excluding carboxylic acids is 6. The fourth-order valence-electron chi connectivity index (χ4n) is 17.9. The van der Waals surface area contributed by atoms with E-state index in [-0.39, 0.29) is 99.7 Å². The fourth-order valence-corrected chi connectivity index (χ4v) is 22.4. The van der Waals surface area contributed by atoms with Gasteiger partial charge in [-0.3, -0.25) is 38.6 Å². The summed E-state index contributed by atoms with van der Waals surface area (Å²) in [6.45, 7) is 33.8. The number of thiophene rings is 2. The number of Topliss-reactive ketones (excluding diaryl/α,β-unsaturated/α-hetero) is 1. The molecule has 145 heavy (non-hydrogen) atoms. The van der Waals surface area contributed by atoms with Crippen LogP contribution < -0.4 is 34.9 Å². The maximum absolute atomic E-state index is 13.8. The van der Waals surface area contributed by atoms with Crippen LogP contribution >= 0.6 is 77.2 Å². The molecule has 9 heterocycles. The third kappa shape index (κ3) is 31.0. The summed E-state index contributed by atoms with van der Waals surface area (Å²) < 4.78 is 39.2. The van der Waals surface area contributed by atoms with Gasteiger partial charge in [-0.2, -0.15) is 0 Å². The minimum Gasteiger partial charge on any atom is -0.508 e. The highest BCUT2D eigenvalue weighted by atomic mass is 79.9. The number of amides is 5. The van der Waals surface area contributed by atoms with E-state index in [1.54, 1.807) is 69.6 Å². The van der Waals surface area contributed by atoms with Crippen molar-refractivity contribution in [1.29, 1.82) is 0 Å². The number of ether oxygens (including phenoxy) is 6. The van der Waals surface area contributed by atoms with Gasteiger partial charge in [0.2, 0.25) is 29.5 Å². The number of fused-ring (bicyclic) bond motifs is 2. The average molecular weight is 2180 g/mol. The number of aryl methyl sites for hydroxylation is 3. The van der Waals surface area contributed by atoms with Gasteiger partial charge in [0.1, 0.15) is 65.8 Å². The van der Waals surface area contributed by atoms with Crippen LogP contribution in [0.4, 0.5) is 0 Å². The number of likely N-dealkylation sites (N-methyl/N-ethyl adjacent to an activating group) is 2. The zero-order valence-corrected chi connectivity index (χ0v) is 90.4. The number of likely N-dealkylation sites (tertiary alicyclic amines) is 4. The summed E-state index contributed by atoms with van der Waals surface area (Å²) in [5, 5.41) is 51.5. The van der Waals surface area contributed by atoms with E-state index < -0.39 is 47.2 Å². The molecule has 5 aliphatic rings. The first kappa shape index (κ1) is 112. The van der Waals surface area contributed by atoms with E-state index in [2.05, 4.69) is 135 Å². The van der Waals surface area contributed by atoms with Gasteiger partial charge in [0.25, 0.3) is 0 Å². The molecule has 0 aliphatic carbocycles. The molecule has 5 saturated heterocycles. The lowest BCUT2D eigenvalue weighted by atomic mass is 9.85. The van der Waals surface area contributed by atoms with Crippen LogP contribution in [0, 0.1) is 30.6 Å². The van der Waals surface area contributed by atoms with Gasteiger partial charge in [0.15, 0.2) is 17.3 Å². The van der Waals surface area contributed by atoms with E-state index in [0.717, 1.165) is 200 Å². The lowest BCUT2D eigenvalue weighted by Gasteiger charge is -2.37. The van der Waals surface area contributed by atoms with Crippen molar-refractivity contribution in [3.05, 3.63) is 224 Å². The largest absolute Gasteiger partial charge is 0.508 e. The smallest absolute Gasteiger partial charge is 0.246 e. The molecule has 6 atom stereocenters. The Balaban J connectivity index is 0.000000163. The number of hydrogen-bond acceptors (Lipinski definition) is 26. The predicted molar refractivity (Wildman–Crippen MR) is 586 cm³/mol. The maximum atomic E-state index is 13.8. The molecule has 5 fully saturated rings. The number of phenols is 2. The van der Waals surface area contributed by atoms with Gasteiger partial charge in [-0.15, -0.1) is 45.3 Å². The highest BCUT2D eigenvalue weighted by Crippen LogP contribution is 2.50. The first-order valence-corrected chi connectivity index (χ1v) is 54.3. The van der Waals surface area contributed by atoms with E-state index in [9.17, 15) is 49.2 Å². The number of phenolic OH excluding ortho intramolecular Hbond substituents is 2. The van der Waals surface area contributed by atoms with Crippen LogP contribution in [0.3, 0.4) is 0 Å². The molecule has 8 aromatic carbocycles. The molecular weight excluding hydrogens is 2040 g/mol. The Hall–Kier alpha value is -10.6. The van der Waals surface area contributed by atoms with Crippen LogP contribution in [0.25, 0.3) is 61.9 Å². The number of aliphatic hydroxyl groups is 2. The predicted octanol–water partition coefficient (Wildman–Crippen LogP) is 20.1. The number of piperidine rings is 1. The summed E-state index contributed by atoms with van der Waals surface area (Å²) in [6.07, 6.45) is 2.11. The Kier molecular flexibility index (Phi) is 40.3. The molecule has 17 rings (SSSR count). The number of aromatic nitrogens is 2. The van der Waals surface area contributed by atoms with E-state index in [4.69, 9.17) is 28.4 Å². The topological polar surface area (TPSA) is 320 Å². The number of piperazine rings is 1. The fraction of sp³-hybridized carbons (Fsp3) is 0.429. The lowest BCUT2D eigenvalue weighted by molar-refractivity contribution is -0.144. The SMILES string of the molecule is C.CCN1CCN(CC(=O)N[C@H](C(=O)N2C[C@H](O)C[C@H]2C(=O)CCc2ccc(-c3scnc3C)cc2)C(C)(C)C)CC1.CCOCCOc1ccc(Oc2c(-c3ccc(Br)cc3)sc3cc(O)ccc23)cc1.CN1CC(OCCOc2ccc(Oc3c(-c4ccc(Br)cc4)sc4cc(O)ccc34)cc2)C1.Cc1ncsc1-c1ccc(CNC(=O)[C@@H]2C[C@@H](O)CN2C(=O)[C@@H](NC(=O)CN2CCC(C)CC2)C(C)(C)C)cc1. The number of benzene rings is 8. The number of nitrogens with zero attached hydrogens (tertiary/aromatic N) is 8. The van der Waals surface area contributed by atoms with Crippen molar-refractivity contribution in [2.75, 3.05) is 125 Å². The third-order valence-electron chi connectivity index (χ3n) is 26.2. The Morgan fingerprint density at radius 1 is 0.503 bits per heavy atom. The van der Waals surface area contributed by atoms with Crippen LogP contribution in [-0.4, -0.2) is 263 Å². The standard InChI is InChI=1S/C31H45N5O4S.C30H43N5O4S.C26H24BrNO4S.C24H21BrO4S.CH4/c1-6-34-13-15-35(16-14-34)19-27(39)33-29(31(3,4)5)30(40)36-18-24(37)17-25(36)26(38)12-9-22-7-10-23(11-8-22)28-21(2)32-20-41-28;1-19-10-12-34(13-11-19)17-25(37)33-27(30(3,4)5)29(39)35-16-23(36)14-24(35)28(38)31-15-21-6-8-22(9-7-21)26-20(2)32-18-40-26;1-28-15-22(16-28)31-13-12-30-20-7-9-21(10-8-20)32-25-23-11-6-19(29)14-24(23)33-26(25)17-2-4-18(27)5-3-17;1-2-27-13-14-28-19-8-10-20(11-9-19)29-23-21-12-7-18(26)15-22(21)30-24(23)16-3-5-17(25)6-4-16;/h7-8,10-11,20,24-25,29,37H,6,9,12-19H2,1-5H3,(H,33,39);6-9,18-19,23-24,27,36H,10-17H2,1-5H3,(H,31,38)(H,33,37);2-11,14,22,29H,12-13,15-16H2,1H3;3-12,15,26H,2,13-14H2,1H3;1H4/t24-,25+,29-;23-,24+,27-;;;/m11.../s1. The van der Waals surface area contributed by atoms with E-state index in [1.807, 2.05) is 195 Å². The molecule has 0 bridgehead atoms. The van der Waals surface area contributed by atoms with E-state index >= 15 is 0 Å². The second-order valence-electron chi connectivity index (χ2n) is 39.5. The van der Waals surface area contributed by atoms with Gasteiger partial charge in [0, 0.05) is 114 Å². The summed E-state index contributed by atoms with van der Waals surface area (Å²) in [5.41, 5.74) is 10.8. The number of ketones is 1. The molecular formula is C112H137Br2N11O16S4. The summed E-state index contributed by atoms with van der Waals surface area (Å²) in [6, 6.07) is 55.2. The highest BCUT2D eigenvalue weighted by molar-refractivity contribution is 9.10. The Morgan fingerprint density at radius 2 is 0.917 bits per heavy atom. The second kappa shape index (κ2) is 52.3. The summed E-state index contributed by atoms with van der Waals surface area (Å²) in [5.74, 6) is 4.31. The number of nitrogens with one attached hydrogen (secondary N) is 3. The number of rotatable bonds is 34. The van der Waals surface area contributed by atoms with Crippen LogP contribution in [-0.2, 0) is 51.2 Å². The quantitative estimate of drug-likeness (QED) is 0.0184. The van der Waals surface area contributed by atoms with Crippen molar-refractivity contribution in [2.24, 2.45) is 16.7 Å². The molecule has 33 heteroatoms. The van der Waals surface area contributed by atoms with Gasteiger partial charge in [0.05, 0.1) is 92.6 Å². The lowest BCUT2D eigenvalue weighted by Crippen LogP contribution is -2.58. The molecule has 5 aliphatic heterocycles. The summed E-state index contributed by atoms with van der Waals surface area (Å²) in [4.78, 5) is 105. The minimum absolute atomic E-state index is 0. The molecule has 0 saturated carbocycles. The van der Waals surface area contributed by atoms with Crippen molar-refractivity contribution in [3.63, 3.8) is 0 Å². The molecule has 0 unspecified atom stereocenters. The van der Waals surface area contributed by atoms with E-state index in [1.165, 1.54) is 9.80 Å². The van der Waals surface area contributed by atoms with Crippen LogP contribution in [0.1, 0.15) is 124 Å². The molecule has 0 radical (unpaired) electrons. The number of carbonyl (C=O) groups is 6. The normalized spacial score (nSPS) is 17.4.